The van der Waals surface area contributed by atoms with Crippen LogP contribution in [0.25, 0.3) is 0 Å². The standard InChI is InChI=1S/C18H25FN2O2S/c19-15-5-4-14-2-1-3-17(16(14)12-15)21-8-9-23-18(13-21)6-10-24(20,22)11-7-18/h4-5,12,17,20H,1-3,6-11,13H2. The first-order valence-electron chi connectivity index (χ1n) is 8.87. The van der Waals surface area contributed by atoms with Crippen LogP contribution in [0.2, 0.25) is 0 Å². The van der Waals surface area contributed by atoms with Crippen molar-refractivity contribution in [3.05, 3.63) is 35.1 Å². The Bertz CT molecular complexity index is 721. The van der Waals surface area contributed by atoms with Gasteiger partial charge in [0.25, 0.3) is 0 Å². The highest BCUT2D eigenvalue weighted by Gasteiger charge is 2.42. The van der Waals surface area contributed by atoms with Crippen molar-refractivity contribution in [2.75, 3.05) is 31.2 Å². The predicted octanol–water partition coefficient (Wildman–Crippen LogP) is 3.11. The molecule has 3 aliphatic rings. The van der Waals surface area contributed by atoms with E-state index in [-0.39, 0.29) is 17.5 Å². The third kappa shape index (κ3) is 3.11. The van der Waals surface area contributed by atoms with Gasteiger partial charge in [0, 0.05) is 40.4 Å². The molecule has 24 heavy (non-hydrogen) atoms. The molecule has 2 heterocycles. The van der Waals surface area contributed by atoms with Crippen LogP contribution in [0.4, 0.5) is 4.39 Å². The van der Waals surface area contributed by atoms with Crippen LogP contribution in [0.5, 0.6) is 0 Å². The van der Waals surface area contributed by atoms with E-state index >= 15 is 0 Å². The predicted molar refractivity (Wildman–Crippen MR) is 92.2 cm³/mol. The summed E-state index contributed by atoms with van der Waals surface area (Å²) in [5.41, 5.74) is 2.15. The first kappa shape index (κ1) is 16.5. The zero-order valence-corrected chi connectivity index (χ0v) is 14.7. The summed E-state index contributed by atoms with van der Waals surface area (Å²) in [5.74, 6) is 0.725. The molecule has 4 nitrogen and oxygen atoms in total. The van der Waals surface area contributed by atoms with Gasteiger partial charge in [-0.05, 0) is 55.4 Å². The number of hydrogen-bond acceptors (Lipinski definition) is 4. The molecule has 4 rings (SSSR count). The largest absolute Gasteiger partial charge is 0.372 e. The Labute approximate surface area is 143 Å². The van der Waals surface area contributed by atoms with E-state index in [1.54, 1.807) is 12.1 Å². The van der Waals surface area contributed by atoms with Crippen molar-refractivity contribution in [3.8, 4) is 0 Å². The Morgan fingerprint density at radius 3 is 2.92 bits per heavy atom. The number of nitrogens with one attached hydrogen (secondary N) is 1. The first-order valence-corrected chi connectivity index (χ1v) is 10.8. The lowest BCUT2D eigenvalue weighted by Gasteiger charge is -2.48. The Hall–Kier alpha value is -0.980. The summed E-state index contributed by atoms with van der Waals surface area (Å²) in [7, 11) is -2.40. The Morgan fingerprint density at radius 2 is 2.12 bits per heavy atom. The summed E-state index contributed by atoms with van der Waals surface area (Å²) in [6, 6.07) is 5.46. The minimum absolute atomic E-state index is 0.157. The number of ether oxygens (including phenoxy) is 1. The lowest BCUT2D eigenvalue weighted by atomic mass is 9.85. The molecule has 1 aliphatic carbocycles. The SMILES string of the molecule is N=S1(=O)CCC2(CC1)CN(C1CCCc3ccc(F)cc31)CCO2. The van der Waals surface area contributed by atoms with E-state index in [1.165, 1.54) is 5.56 Å². The molecular formula is C18H25FN2O2S. The molecule has 2 saturated heterocycles. The molecule has 0 radical (unpaired) electrons. The highest BCUT2D eigenvalue weighted by Crippen LogP contribution is 2.39. The highest BCUT2D eigenvalue weighted by atomic mass is 32.2. The van der Waals surface area contributed by atoms with Crippen LogP contribution in [-0.2, 0) is 20.9 Å². The zero-order valence-electron chi connectivity index (χ0n) is 13.9. The van der Waals surface area contributed by atoms with Gasteiger partial charge in [-0.2, -0.15) is 0 Å². The van der Waals surface area contributed by atoms with Crippen LogP contribution in [0, 0.1) is 10.6 Å². The maximum absolute atomic E-state index is 13.8. The first-order chi connectivity index (χ1) is 11.5. The monoisotopic (exact) mass is 352 g/mol. The summed E-state index contributed by atoms with van der Waals surface area (Å²) in [5, 5.41) is 0. The minimum atomic E-state index is -2.40. The number of aryl methyl sites for hydroxylation is 1. The van der Waals surface area contributed by atoms with Crippen LogP contribution >= 0.6 is 0 Å². The van der Waals surface area contributed by atoms with Crippen molar-refractivity contribution in [1.82, 2.24) is 4.90 Å². The molecular weight excluding hydrogens is 327 g/mol. The molecule has 1 N–H and O–H groups in total. The van der Waals surface area contributed by atoms with Gasteiger partial charge in [-0.1, -0.05) is 6.07 Å². The average molecular weight is 352 g/mol. The number of fused-ring (bicyclic) bond motifs is 1. The molecule has 6 heteroatoms. The normalized spacial score (nSPS) is 37.3. The molecule has 0 aromatic heterocycles. The van der Waals surface area contributed by atoms with Crippen molar-refractivity contribution in [2.45, 2.75) is 43.7 Å². The fourth-order valence-electron chi connectivity index (χ4n) is 4.50. The van der Waals surface area contributed by atoms with Crippen LogP contribution < -0.4 is 0 Å². The Kier molecular flexibility index (Phi) is 4.17. The highest BCUT2D eigenvalue weighted by molar-refractivity contribution is 7.92. The van der Waals surface area contributed by atoms with Gasteiger partial charge in [0.1, 0.15) is 5.82 Å². The van der Waals surface area contributed by atoms with E-state index in [0.29, 0.717) is 31.0 Å². The van der Waals surface area contributed by atoms with Gasteiger partial charge in [0.15, 0.2) is 0 Å². The summed E-state index contributed by atoms with van der Waals surface area (Å²) < 4.78 is 39.7. The number of nitrogens with zero attached hydrogens (tertiary/aromatic N) is 1. The number of halogens is 1. The van der Waals surface area contributed by atoms with Crippen molar-refractivity contribution < 1.29 is 13.3 Å². The lowest BCUT2D eigenvalue weighted by Crippen LogP contribution is -2.56. The fraction of sp³-hybridized carbons (Fsp3) is 0.667. The molecule has 1 aromatic rings. The van der Waals surface area contributed by atoms with E-state index in [0.717, 1.165) is 37.9 Å². The number of hydrogen-bond donors (Lipinski definition) is 1. The summed E-state index contributed by atoms with van der Waals surface area (Å²) in [6.07, 6.45) is 4.63. The van der Waals surface area contributed by atoms with Crippen molar-refractivity contribution in [2.24, 2.45) is 0 Å². The topological polar surface area (TPSA) is 53.4 Å². The van der Waals surface area contributed by atoms with Crippen LogP contribution in [0.3, 0.4) is 0 Å². The molecule has 0 bridgehead atoms. The quantitative estimate of drug-likeness (QED) is 0.845. The lowest BCUT2D eigenvalue weighted by molar-refractivity contribution is -0.125. The number of rotatable bonds is 1. The third-order valence-electron chi connectivity index (χ3n) is 5.88. The molecule has 1 atom stereocenters. The molecule has 1 unspecified atom stereocenters. The summed E-state index contributed by atoms with van der Waals surface area (Å²) in [6.45, 7) is 2.34. The van der Waals surface area contributed by atoms with Gasteiger partial charge < -0.3 is 4.74 Å². The zero-order chi connectivity index (χ0) is 16.8. The molecule has 1 spiro atoms. The van der Waals surface area contributed by atoms with Gasteiger partial charge in [-0.25, -0.2) is 8.60 Å². The van der Waals surface area contributed by atoms with E-state index in [9.17, 15) is 8.60 Å². The smallest absolute Gasteiger partial charge is 0.123 e. The van der Waals surface area contributed by atoms with E-state index < -0.39 is 9.73 Å². The van der Waals surface area contributed by atoms with Gasteiger partial charge in [0.2, 0.25) is 0 Å². The molecule has 132 valence electrons. The van der Waals surface area contributed by atoms with E-state index in [4.69, 9.17) is 9.52 Å². The second-order valence-corrected chi connectivity index (χ2v) is 9.91. The van der Waals surface area contributed by atoms with Gasteiger partial charge in [-0.3, -0.25) is 9.68 Å². The molecule has 1 aromatic carbocycles. The van der Waals surface area contributed by atoms with Gasteiger partial charge in [0.05, 0.1) is 12.2 Å². The molecule has 2 aliphatic heterocycles. The van der Waals surface area contributed by atoms with Crippen molar-refractivity contribution in [1.29, 1.82) is 4.78 Å². The maximum Gasteiger partial charge on any atom is 0.123 e. The second-order valence-electron chi connectivity index (χ2n) is 7.47. The number of morpholine rings is 1. The van der Waals surface area contributed by atoms with Gasteiger partial charge >= 0.3 is 0 Å². The van der Waals surface area contributed by atoms with Crippen LogP contribution in [0.1, 0.15) is 42.9 Å². The van der Waals surface area contributed by atoms with E-state index in [2.05, 4.69) is 4.90 Å². The second kappa shape index (κ2) is 6.07. The Balaban J connectivity index is 1.57. The number of benzene rings is 1. The Morgan fingerprint density at radius 1 is 1.33 bits per heavy atom. The van der Waals surface area contributed by atoms with Crippen LogP contribution in [0.15, 0.2) is 18.2 Å². The summed E-state index contributed by atoms with van der Waals surface area (Å²) in [4.78, 5) is 2.44. The average Bonchev–Trinajstić information content (AvgIpc) is 2.58. The molecule has 2 fully saturated rings. The maximum atomic E-state index is 13.8. The van der Waals surface area contributed by atoms with Crippen LogP contribution in [-0.4, -0.2) is 45.9 Å². The van der Waals surface area contributed by atoms with Gasteiger partial charge in [-0.15, -0.1) is 0 Å². The van der Waals surface area contributed by atoms with Crippen molar-refractivity contribution >= 4 is 9.73 Å². The summed E-state index contributed by atoms with van der Waals surface area (Å²) >= 11 is 0. The third-order valence-corrected chi connectivity index (χ3v) is 7.61. The molecule has 0 saturated carbocycles. The fourth-order valence-corrected chi connectivity index (χ4v) is 6.10. The molecule has 0 amide bonds. The van der Waals surface area contributed by atoms with E-state index in [1.807, 2.05) is 6.07 Å². The van der Waals surface area contributed by atoms with Crippen molar-refractivity contribution in [3.63, 3.8) is 0 Å². The minimum Gasteiger partial charge on any atom is -0.372 e.